The number of carbonyl (C=O) groups excluding carboxylic acids is 2. The summed E-state index contributed by atoms with van der Waals surface area (Å²) < 4.78 is 26.4. The Hall–Kier alpha value is -2.71. The Labute approximate surface area is 177 Å². The minimum Gasteiger partial charge on any atom is -0.322 e. The average molecular weight is 430 g/mol. The number of nitrogens with zero attached hydrogens (tertiary/aromatic N) is 2. The van der Waals surface area contributed by atoms with Gasteiger partial charge in [-0.3, -0.25) is 9.59 Å². The van der Waals surface area contributed by atoms with E-state index >= 15 is 0 Å². The largest absolute Gasteiger partial charge is 0.322 e. The third-order valence-corrected chi connectivity index (χ3v) is 7.31. The minimum absolute atomic E-state index is 0.0906. The quantitative estimate of drug-likeness (QED) is 0.762. The first-order valence-corrected chi connectivity index (χ1v) is 11.4. The Morgan fingerprint density at radius 2 is 1.80 bits per heavy atom. The van der Waals surface area contributed by atoms with E-state index in [0.29, 0.717) is 24.2 Å². The van der Waals surface area contributed by atoms with Crippen LogP contribution < -0.4 is 10.2 Å². The van der Waals surface area contributed by atoms with Gasteiger partial charge in [0.05, 0.1) is 4.90 Å². The molecule has 1 fully saturated rings. The third-order valence-electron chi connectivity index (χ3n) is 5.26. The van der Waals surface area contributed by atoms with E-state index in [9.17, 15) is 18.0 Å². The molecule has 0 atom stereocenters. The molecule has 0 aliphatic carbocycles. The molecule has 2 aromatic rings. The summed E-state index contributed by atoms with van der Waals surface area (Å²) >= 11 is 0. The lowest BCUT2D eigenvalue weighted by molar-refractivity contribution is -0.119. The first-order valence-electron chi connectivity index (χ1n) is 10.00. The SMILES string of the molecule is CC(C)N(C)S(=O)(=O)c1ccc(C(=O)Nc2cccc(N3CCCCC3=O)c2)cc1. The predicted octanol–water partition coefficient (Wildman–Crippen LogP) is 3.48. The fraction of sp³-hybridized carbons (Fsp3) is 0.364. The Morgan fingerprint density at radius 3 is 2.43 bits per heavy atom. The van der Waals surface area contributed by atoms with E-state index in [1.54, 1.807) is 36.9 Å². The maximum atomic E-state index is 12.6. The van der Waals surface area contributed by atoms with E-state index in [1.165, 1.54) is 35.6 Å². The van der Waals surface area contributed by atoms with Crippen molar-refractivity contribution in [1.29, 1.82) is 0 Å². The Kier molecular flexibility index (Phi) is 6.58. The zero-order valence-corrected chi connectivity index (χ0v) is 18.3. The van der Waals surface area contributed by atoms with Gasteiger partial charge >= 0.3 is 0 Å². The highest BCUT2D eigenvalue weighted by Crippen LogP contribution is 2.24. The molecule has 0 bridgehead atoms. The highest BCUT2D eigenvalue weighted by Gasteiger charge is 2.23. The monoisotopic (exact) mass is 429 g/mol. The highest BCUT2D eigenvalue weighted by atomic mass is 32.2. The highest BCUT2D eigenvalue weighted by molar-refractivity contribution is 7.89. The molecule has 2 aromatic carbocycles. The fourth-order valence-corrected chi connectivity index (χ4v) is 4.62. The zero-order valence-electron chi connectivity index (χ0n) is 17.5. The van der Waals surface area contributed by atoms with Gasteiger partial charge in [-0.2, -0.15) is 4.31 Å². The summed E-state index contributed by atoms with van der Waals surface area (Å²) in [5.41, 5.74) is 1.68. The average Bonchev–Trinajstić information content (AvgIpc) is 2.73. The molecule has 0 spiro atoms. The molecule has 0 radical (unpaired) electrons. The van der Waals surface area contributed by atoms with E-state index in [0.717, 1.165) is 18.5 Å². The summed E-state index contributed by atoms with van der Waals surface area (Å²) in [6.45, 7) is 4.27. The molecule has 3 rings (SSSR count). The first kappa shape index (κ1) is 22.0. The van der Waals surface area contributed by atoms with Crippen LogP contribution in [0.15, 0.2) is 53.4 Å². The second-order valence-electron chi connectivity index (χ2n) is 7.65. The molecule has 30 heavy (non-hydrogen) atoms. The number of sulfonamides is 1. The number of hydrogen-bond donors (Lipinski definition) is 1. The summed E-state index contributed by atoms with van der Waals surface area (Å²) in [5.74, 6) is -0.258. The van der Waals surface area contributed by atoms with Gasteiger partial charge in [0.15, 0.2) is 0 Å². The van der Waals surface area contributed by atoms with Crippen LogP contribution in [0, 0.1) is 0 Å². The molecule has 1 heterocycles. The first-order chi connectivity index (χ1) is 14.2. The number of rotatable bonds is 6. The van der Waals surface area contributed by atoms with Gasteiger partial charge in [0, 0.05) is 43.0 Å². The summed E-state index contributed by atoms with van der Waals surface area (Å²) in [5, 5.41) is 2.81. The smallest absolute Gasteiger partial charge is 0.255 e. The van der Waals surface area contributed by atoms with Gasteiger partial charge in [-0.15, -0.1) is 0 Å². The Bertz CT molecular complexity index is 1030. The molecule has 160 valence electrons. The van der Waals surface area contributed by atoms with Crippen LogP contribution in [-0.4, -0.2) is 44.2 Å². The van der Waals surface area contributed by atoms with Crippen LogP contribution in [0.3, 0.4) is 0 Å². The molecule has 8 heteroatoms. The zero-order chi connectivity index (χ0) is 21.9. The van der Waals surface area contributed by atoms with Crippen LogP contribution in [0.5, 0.6) is 0 Å². The van der Waals surface area contributed by atoms with Gasteiger partial charge in [0.2, 0.25) is 15.9 Å². The maximum Gasteiger partial charge on any atom is 0.255 e. The van der Waals surface area contributed by atoms with E-state index in [4.69, 9.17) is 0 Å². The Balaban J connectivity index is 1.74. The van der Waals surface area contributed by atoms with Gasteiger partial charge in [0.1, 0.15) is 0 Å². The topological polar surface area (TPSA) is 86.8 Å². The summed E-state index contributed by atoms with van der Waals surface area (Å²) in [7, 11) is -2.07. The lowest BCUT2D eigenvalue weighted by Gasteiger charge is -2.27. The molecule has 1 saturated heterocycles. The van der Waals surface area contributed by atoms with Crippen molar-refractivity contribution in [2.24, 2.45) is 0 Å². The molecule has 0 saturated carbocycles. The number of benzene rings is 2. The molecule has 1 N–H and O–H groups in total. The van der Waals surface area contributed by atoms with E-state index in [2.05, 4.69) is 5.32 Å². The Morgan fingerprint density at radius 1 is 1.10 bits per heavy atom. The van der Waals surface area contributed by atoms with Crippen molar-refractivity contribution in [3.8, 4) is 0 Å². The molecular weight excluding hydrogens is 402 g/mol. The summed E-state index contributed by atoms with van der Waals surface area (Å²) in [6, 6.07) is 12.9. The number of carbonyl (C=O) groups is 2. The number of piperidine rings is 1. The standard InChI is InChI=1S/C22H27N3O4S/c1-16(2)24(3)30(28,29)20-12-10-17(11-13-20)22(27)23-18-7-6-8-19(15-18)25-14-5-4-9-21(25)26/h6-8,10-13,15-16H,4-5,9,14H2,1-3H3,(H,23,27). The number of hydrogen-bond acceptors (Lipinski definition) is 4. The second-order valence-corrected chi connectivity index (χ2v) is 9.64. The van der Waals surface area contributed by atoms with Crippen molar-refractivity contribution in [1.82, 2.24) is 4.31 Å². The predicted molar refractivity (Wildman–Crippen MR) is 117 cm³/mol. The van der Waals surface area contributed by atoms with Gasteiger partial charge in [-0.05, 0) is 69.2 Å². The van der Waals surface area contributed by atoms with Crippen molar-refractivity contribution in [2.45, 2.75) is 44.0 Å². The third kappa shape index (κ3) is 4.71. The van der Waals surface area contributed by atoms with Crippen molar-refractivity contribution in [3.63, 3.8) is 0 Å². The fourth-order valence-electron chi connectivity index (χ4n) is 3.26. The van der Waals surface area contributed by atoms with Crippen LogP contribution in [0.2, 0.25) is 0 Å². The maximum absolute atomic E-state index is 12.6. The lowest BCUT2D eigenvalue weighted by Crippen LogP contribution is -2.35. The van der Waals surface area contributed by atoms with Crippen molar-refractivity contribution >= 4 is 33.2 Å². The van der Waals surface area contributed by atoms with Gasteiger partial charge in [-0.25, -0.2) is 8.42 Å². The van der Waals surface area contributed by atoms with E-state index in [1.807, 2.05) is 6.07 Å². The van der Waals surface area contributed by atoms with E-state index < -0.39 is 10.0 Å². The molecule has 0 aromatic heterocycles. The van der Waals surface area contributed by atoms with Gasteiger partial charge < -0.3 is 10.2 Å². The van der Waals surface area contributed by atoms with Gasteiger partial charge in [0.25, 0.3) is 5.91 Å². The van der Waals surface area contributed by atoms with Gasteiger partial charge in [-0.1, -0.05) is 6.07 Å². The van der Waals surface area contributed by atoms with Crippen molar-refractivity contribution in [2.75, 3.05) is 23.8 Å². The summed E-state index contributed by atoms with van der Waals surface area (Å²) in [6.07, 6.45) is 2.41. The second kappa shape index (κ2) is 8.97. The molecule has 7 nitrogen and oxygen atoms in total. The van der Waals surface area contributed by atoms with Crippen LogP contribution in [0.25, 0.3) is 0 Å². The summed E-state index contributed by atoms with van der Waals surface area (Å²) in [4.78, 5) is 26.6. The number of nitrogens with one attached hydrogen (secondary N) is 1. The molecular formula is C22H27N3O4S. The molecule has 1 aliphatic rings. The van der Waals surface area contributed by atoms with Crippen molar-refractivity contribution < 1.29 is 18.0 Å². The molecule has 0 unspecified atom stereocenters. The molecule has 1 aliphatic heterocycles. The van der Waals surface area contributed by atoms with E-state index in [-0.39, 0.29) is 22.8 Å². The normalized spacial score (nSPS) is 15.0. The van der Waals surface area contributed by atoms with Crippen LogP contribution in [0.1, 0.15) is 43.5 Å². The minimum atomic E-state index is -3.60. The van der Waals surface area contributed by atoms with Crippen LogP contribution in [0.4, 0.5) is 11.4 Å². The number of amides is 2. The van der Waals surface area contributed by atoms with Crippen molar-refractivity contribution in [3.05, 3.63) is 54.1 Å². The molecule has 2 amide bonds. The number of anilines is 2. The lowest BCUT2D eigenvalue weighted by atomic mass is 10.1. The van der Waals surface area contributed by atoms with Crippen LogP contribution >= 0.6 is 0 Å². The van der Waals surface area contributed by atoms with Crippen LogP contribution in [-0.2, 0) is 14.8 Å².